The van der Waals surface area contributed by atoms with E-state index in [9.17, 15) is 24.0 Å². The van der Waals surface area contributed by atoms with E-state index in [4.69, 9.17) is 23.7 Å². The van der Waals surface area contributed by atoms with Gasteiger partial charge >= 0.3 is 23.9 Å². The summed E-state index contributed by atoms with van der Waals surface area (Å²) in [7, 11) is 0. The van der Waals surface area contributed by atoms with Gasteiger partial charge in [-0.15, -0.1) is 0 Å². The average Bonchev–Trinajstić information content (AvgIpc) is 3.67. The van der Waals surface area contributed by atoms with Crippen molar-refractivity contribution >= 4 is 29.7 Å². The van der Waals surface area contributed by atoms with Crippen LogP contribution in [-0.2, 0) is 54.3 Å². The van der Waals surface area contributed by atoms with Crippen LogP contribution in [-0.4, -0.2) is 60.2 Å². The van der Waals surface area contributed by atoms with Gasteiger partial charge < -0.3 is 23.7 Å². The van der Waals surface area contributed by atoms with Crippen molar-refractivity contribution in [2.24, 2.45) is 16.7 Å². The molecule has 0 saturated heterocycles. The van der Waals surface area contributed by atoms with Crippen LogP contribution in [0.2, 0.25) is 0 Å². The van der Waals surface area contributed by atoms with E-state index in [0.29, 0.717) is 25.9 Å². The number of fused-ring (bicyclic) bond motifs is 1. The molecule has 10 nitrogen and oxygen atoms in total. The number of rotatable bonds is 28. The van der Waals surface area contributed by atoms with Gasteiger partial charge in [-0.1, -0.05) is 148 Å². The normalized spacial score (nSPS) is 22.6. The Bertz CT molecular complexity index is 1390. The van der Waals surface area contributed by atoms with Crippen LogP contribution in [0.5, 0.6) is 0 Å². The van der Waals surface area contributed by atoms with E-state index in [1.165, 1.54) is 91.4 Å². The zero-order valence-corrected chi connectivity index (χ0v) is 35.6. The number of ether oxygens (including phenoxy) is 5. The zero-order chi connectivity index (χ0) is 41.2. The van der Waals surface area contributed by atoms with Crippen molar-refractivity contribution in [1.29, 1.82) is 0 Å². The standard InChI is InChI=1S/C46H72O10/c1-8-9-10-11-12-13-14-15-16-17-18-19-20-21-25-28-39(47)54-35(3)41(49)56-36(4)42(50)55-34(2)40(48)52-32-31-45(7)30-29-38-44(5,6)46(38,43(45)51)53-33-37-26-23-22-24-27-37/h22-24,26-27,34-36,38H,8-21,25,28-33H2,1-7H3/t34-,35-,36-,38?,45?,46+/m0/s1. The molecule has 3 rings (SSSR count). The molecule has 316 valence electrons. The number of hydrogen-bond acceptors (Lipinski definition) is 10. The number of benzene rings is 1. The third kappa shape index (κ3) is 13.7. The largest absolute Gasteiger partial charge is 0.463 e. The Morgan fingerprint density at radius 1 is 0.679 bits per heavy atom. The summed E-state index contributed by atoms with van der Waals surface area (Å²) in [4.78, 5) is 64.3. The van der Waals surface area contributed by atoms with E-state index in [1.54, 1.807) is 0 Å². The fraction of sp³-hybridized carbons (Fsp3) is 0.761. The van der Waals surface area contributed by atoms with Gasteiger partial charge in [0.25, 0.3) is 0 Å². The van der Waals surface area contributed by atoms with Crippen molar-refractivity contribution in [2.75, 3.05) is 6.61 Å². The van der Waals surface area contributed by atoms with Gasteiger partial charge in [-0.2, -0.15) is 0 Å². The predicted molar refractivity (Wildman–Crippen MR) is 215 cm³/mol. The molecule has 0 spiro atoms. The van der Waals surface area contributed by atoms with Gasteiger partial charge in [0.2, 0.25) is 0 Å². The lowest BCUT2D eigenvalue weighted by atomic mass is 9.71. The van der Waals surface area contributed by atoms with Gasteiger partial charge in [0.15, 0.2) is 24.1 Å². The van der Waals surface area contributed by atoms with E-state index in [1.807, 2.05) is 37.3 Å². The minimum absolute atomic E-state index is 0.0321. The van der Waals surface area contributed by atoms with E-state index >= 15 is 0 Å². The lowest BCUT2D eigenvalue weighted by molar-refractivity contribution is -0.182. The highest BCUT2D eigenvalue weighted by molar-refractivity contribution is 5.98. The molecule has 0 radical (unpaired) electrons. The lowest BCUT2D eigenvalue weighted by Gasteiger charge is -2.37. The van der Waals surface area contributed by atoms with Gasteiger partial charge in [0, 0.05) is 23.2 Å². The van der Waals surface area contributed by atoms with Crippen LogP contribution in [0.15, 0.2) is 30.3 Å². The molecule has 56 heavy (non-hydrogen) atoms. The zero-order valence-electron chi connectivity index (χ0n) is 35.6. The molecule has 0 amide bonds. The molecule has 2 aliphatic carbocycles. The Hall–Kier alpha value is -3.27. The molecule has 0 N–H and O–H groups in total. The number of ketones is 1. The fourth-order valence-corrected chi connectivity index (χ4v) is 8.31. The second-order valence-electron chi connectivity index (χ2n) is 17.1. The van der Waals surface area contributed by atoms with Crippen molar-refractivity contribution < 1.29 is 47.7 Å². The van der Waals surface area contributed by atoms with Crippen molar-refractivity contribution in [1.82, 2.24) is 0 Å². The number of carbonyl (C=O) groups is 5. The molecule has 1 aromatic carbocycles. The lowest BCUT2D eigenvalue weighted by Crippen LogP contribution is -2.46. The number of esters is 4. The summed E-state index contributed by atoms with van der Waals surface area (Å²) in [6, 6.07) is 9.79. The van der Waals surface area contributed by atoms with Crippen LogP contribution in [0, 0.1) is 16.7 Å². The van der Waals surface area contributed by atoms with Crippen molar-refractivity contribution in [3.8, 4) is 0 Å². The molecular formula is C46H72O10. The minimum atomic E-state index is -1.34. The van der Waals surface area contributed by atoms with E-state index in [-0.39, 0.29) is 30.1 Å². The molecule has 2 aliphatic rings. The first kappa shape index (κ1) is 47.1. The van der Waals surface area contributed by atoms with Crippen LogP contribution in [0.1, 0.15) is 176 Å². The maximum atomic E-state index is 14.0. The van der Waals surface area contributed by atoms with Crippen molar-refractivity contribution in [2.45, 2.75) is 201 Å². The van der Waals surface area contributed by atoms with Crippen LogP contribution in [0.3, 0.4) is 0 Å². The molecule has 2 saturated carbocycles. The van der Waals surface area contributed by atoms with Crippen molar-refractivity contribution in [3.63, 3.8) is 0 Å². The molecule has 0 bridgehead atoms. The first-order valence-electron chi connectivity index (χ1n) is 21.7. The first-order valence-corrected chi connectivity index (χ1v) is 21.7. The van der Waals surface area contributed by atoms with Gasteiger partial charge in [-0.3, -0.25) is 9.59 Å². The number of unbranched alkanes of at least 4 members (excludes halogenated alkanes) is 14. The van der Waals surface area contributed by atoms with Gasteiger partial charge in [-0.05, 0) is 52.0 Å². The molecule has 0 aromatic heterocycles. The summed E-state index contributed by atoms with van der Waals surface area (Å²) in [5, 5.41) is 0. The Morgan fingerprint density at radius 2 is 1.16 bits per heavy atom. The van der Waals surface area contributed by atoms with E-state index in [0.717, 1.165) is 31.2 Å². The van der Waals surface area contributed by atoms with Gasteiger partial charge in [-0.25, -0.2) is 14.4 Å². The van der Waals surface area contributed by atoms with E-state index < -0.39 is 53.2 Å². The molecule has 0 heterocycles. The number of Topliss-reactive ketones (excluding diaryl/α,β-unsaturated/α-hetero) is 1. The molecule has 1 aromatic rings. The molecular weight excluding hydrogens is 712 g/mol. The summed E-state index contributed by atoms with van der Waals surface area (Å²) in [6.45, 7) is 12.7. The number of hydrogen-bond donors (Lipinski definition) is 0. The van der Waals surface area contributed by atoms with Gasteiger partial charge in [0.05, 0.1) is 13.2 Å². The SMILES string of the molecule is CCCCCCCCCCCCCCCCCC(=O)O[C@@H](C)C(=O)O[C@@H](C)C(=O)O[C@@H](C)C(=O)OCCC1(C)CCC2C(C)(C)[C@]2(OCc2ccccc2)C1=O. The Morgan fingerprint density at radius 3 is 1.70 bits per heavy atom. The summed E-state index contributed by atoms with van der Waals surface area (Å²) >= 11 is 0. The molecule has 2 fully saturated rings. The highest BCUT2D eigenvalue weighted by Crippen LogP contribution is 2.71. The molecule has 2 unspecified atom stereocenters. The van der Waals surface area contributed by atoms with Gasteiger partial charge in [0.1, 0.15) is 5.60 Å². The average molecular weight is 785 g/mol. The quantitative estimate of drug-likeness (QED) is 0.0460. The van der Waals surface area contributed by atoms with E-state index in [2.05, 4.69) is 20.8 Å². The third-order valence-electron chi connectivity index (χ3n) is 12.2. The third-order valence-corrected chi connectivity index (χ3v) is 12.2. The topological polar surface area (TPSA) is 132 Å². The second kappa shape index (κ2) is 23.2. The molecule has 0 aliphatic heterocycles. The van der Waals surface area contributed by atoms with Crippen LogP contribution in [0.25, 0.3) is 0 Å². The Balaban J connectivity index is 1.26. The fourth-order valence-electron chi connectivity index (χ4n) is 8.31. The minimum Gasteiger partial charge on any atom is -0.463 e. The second-order valence-corrected chi connectivity index (χ2v) is 17.1. The molecule has 6 atom stereocenters. The van der Waals surface area contributed by atoms with Crippen LogP contribution in [0.4, 0.5) is 0 Å². The van der Waals surface area contributed by atoms with Crippen LogP contribution >= 0.6 is 0 Å². The van der Waals surface area contributed by atoms with Crippen LogP contribution < -0.4 is 0 Å². The summed E-state index contributed by atoms with van der Waals surface area (Å²) in [5.74, 6) is -2.91. The monoisotopic (exact) mass is 785 g/mol. The van der Waals surface area contributed by atoms with Crippen molar-refractivity contribution in [3.05, 3.63) is 35.9 Å². The molecule has 10 heteroatoms. The number of carbonyl (C=O) groups excluding carboxylic acids is 5. The first-order chi connectivity index (χ1) is 26.7. The Labute approximate surface area is 336 Å². The highest BCUT2D eigenvalue weighted by atomic mass is 16.6. The highest BCUT2D eigenvalue weighted by Gasteiger charge is 2.79. The maximum absolute atomic E-state index is 14.0. The predicted octanol–water partition coefficient (Wildman–Crippen LogP) is 9.96. The Kier molecular flexibility index (Phi) is 19.5. The summed E-state index contributed by atoms with van der Waals surface area (Å²) in [6.07, 6.45) is 16.6. The smallest absolute Gasteiger partial charge is 0.347 e. The maximum Gasteiger partial charge on any atom is 0.347 e. The summed E-state index contributed by atoms with van der Waals surface area (Å²) in [5.41, 5.74) is -0.905. The summed E-state index contributed by atoms with van der Waals surface area (Å²) < 4.78 is 27.5.